The van der Waals surface area contributed by atoms with E-state index in [1.807, 2.05) is 0 Å². The van der Waals surface area contributed by atoms with E-state index in [2.05, 4.69) is 0 Å². The Labute approximate surface area is 217 Å². The number of esters is 1. The first-order valence-electron chi connectivity index (χ1n) is 11.5. The summed E-state index contributed by atoms with van der Waals surface area (Å²) in [5, 5.41) is 61.7. The lowest BCUT2D eigenvalue weighted by Gasteiger charge is -2.43. The molecule has 202 valence electrons. The van der Waals surface area contributed by atoms with E-state index in [-0.39, 0.29) is 29.4 Å². The highest BCUT2D eigenvalue weighted by Gasteiger charge is 2.47. The first-order valence-corrected chi connectivity index (χ1v) is 11.5. The van der Waals surface area contributed by atoms with Crippen LogP contribution in [0.1, 0.15) is 30.4 Å². The normalized spacial score (nSPS) is 23.4. The summed E-state index contributed by atoms with van der Waals surface area (Å²) in [7, 11) is 1.38. The van der Waals surface area contributed by atoms with E-state index >= 15 is 0 Å². The molecule has 38 heavy (non-hydrogen) atoms. The zero-order chi connectivity index (χ0) is 28.0. The van der Waals surface area contributed by atoms with Gasteiger partial charge in [0.1, 0.15) is 11.7 Å². The van der Waals surface area contributed by atoms with Crippen molar-refractivity contribution in [1.29, 1.82) is 0 Å². The number of rotatable bonds is 9. The number of hydrogen-bond donors (Lipinski definition) is 5. The van der Waals surface area contributed by atoms with Crippen LogP contribution < -0.4 is 9.84 Å². The number of carboxylic acids is 1. The monoisotopic (exact) mass is 527 g/mol. The molecule has 11 nitrogen and oxygen atoms in total. The summed E-state index contributed by atoms with van der Waals surface area (Å²) >= 11 is 0. The van der Waals surface area contributed by atoms with Gasteiger partial charge >= 0.3 is 5.97 Å². The maximum absolute atomic E-state index is 12.5. The number of ketones is 1. The lowest BCUT2D eigenvalue weighted by molar-refractivity contribution is -0.330. The van der Waals surface area contributed by atoms with E-state index in [1.54, 1.807) is 6.07 Å². The summed E-state index contributed by atoms with van der Waals surface area (Å²) in [6.45, 7) is 0. The quantitative estimate of drug-likeness (QED) is 0.175. The molecule has 0 radical (unpaired) electrons. The Hall–Kier alpha value is -4.35. The number of ether oxygens (including phenoxy) is 2. The third-order valence-corrected chi connectivity index (χ3v) is 6.19. The lowest BCUT2D eigenvalue weighted by Crippen LogP contribution is -2.59. The van der Waals surface area contributed by atoms with E-state index in [0.717, 1.165) is 12.2 Å². The Morgan fingerprint density at radius 1 is 0.974 bits per heavy atom. The van der Waals surface area contributed by atoms with Crippen LogP contribution in [0.4, 0.5) is 0 Å². The zero-order valence-corrected chi connectivity index (χ0v) is 20.3. The minimum atomic E-state index is -2.45. The number of phenolic OH excluding ortho intramolecular Hbond substituents is 3. The number of allylic oxidation sites excluding steroid dienone is 1. The van der Waals surface area contributed by atoms with Gasteiger partial charge in [-0.3, -0.25) is 4.79 Å². The molecule has 1 saturated carbocycles. The molecule has 0 heterocycles. The van der Waals surface area contributed by atoms with Crippen LogP contribution in [0.2, 0.25) is 0 Å². The van der Waals surface area contributed by atoms with Crippen LogP contribution in [0.3, 0.4) is 0 Å². The minimum absolute atomic E-state index is 0.159. The second-order valence-corrected chi connectivity index (χ2v) is 8.97. The van der Waals surface area contributed by atoms with Crippen LogP contribution >= 0.6 is 0 Å². The highest BCUT2D eigenvalue weighted by atomic mass is 16.6. The van der Waals surface area contributed by atoms with Crippen molar-refractivity contribution in [2.75, 3.05) is 7.11 Å². The fourth-order valence-electron chi connectivity index (χ4n) is 4.19. The molecule has 1 aliphatic rings. The average molecular weight is 528 g/mol. The van der Waals surface area contributed by atoms with Crippen molar-refractivity contribution in [2.45, 2.75) is 37.1 Å². The summed E-state index contributed by atoms with van der Waals surface area (Å²) < 4.78 is 10.2. The molecule has 0 bridgehead atoms. The van der Waals surface area contributed by atoms with Crippen molar-refractivity contribution in [1.82, 2.24) is 0 Å². The smallest absolute Gasteiger partial charge is 0.331 e. The predicted molar refractivity (Wildman–Crippen MR) is 131 cm³/mol. The van der Waals surface area contributed by atoms with Gasteiger partial charge in [0, 0.05) is 18.9 Å². The van der Waals surface area contributed by atoms with Gasteiger partial charge in [0.2, 0.25) is 0 Å². The molecular formula is C27H27O11-. The lowest BCUT2D eigenvalue weighted by atomic mass is 9.73. The molecule has 4 atom stereocenters. The summed E-state index contributed by atoms with van der Waals surface area (Å²) in [6, 6.07) is 8.27. The van der Waals surface area contributed by atoms with Gasteiger partial charge in [0.15, 0.2) is 28.8 Å². The molecule has 0 saturated heterocycles. The molecule has 2 aromatic carbocycles. The molecule has 11 heteroatoms. The fraction of sp³-hybridized carbons (Fsp3) is 0.296. The van der Waals surface area contributed by atoms with Crippen LogP contribution in [0.5, 0.6) is 23.0 Å². The Kier molecular flexibility index (Phi) is 8.76. The molecule has 0 amide bonds. The largest absolute Gasteiger partial charge is 0.547 e. The molecule has 2 aromatic rings. The van der Waals surface area contributed by atoms with Crippen LogP contribution in [-0.2, 0) is 19.1 Å². The van der Waals surface area contributed by atoms with Crippen LogP contribution in [0, 0.1) is 5.92 Å². The molecule has 0 aromatic heterocycles. The standard InChI is InChI=1S/C27H28O11/c1-37-22-8-4-16(11-21(22)31)5-9-24(32)38-23-14-27(36,26(34)35)13-17(25(23)33)12-18(28)6-2-15-3-7-19(29)20(30)10-15/h2-11,17,23,25,29-31,33,36H,12-14H2,1H3,(H,34,35)/p-1/b6-2+,9-5+/t17-,23-,25+,27-/m1/s1. The van der Waals surface area contributed by atoms with Crippen molar-refractivity contribution in [2.24, 2.45) is 5.92 Å². The summed E-state index contributed by atoms with van der Waals surface area (Å²) in [5.41, 5.74) is -1.63. The highest BCUT2D eigenvalue weighted by Crippen LogP contribution is 2.37. The van der Waals surface area contributed by atoms with Crippen molar-refractivity contribution >= 4 is 29.9 Å². The number of benzene rings is 2. The number of aliphatic hydroxyl groups is 2. The van der Waals surface area contributed by atoms with Gasteiger partial charge in [-0.25, -0.2) is 4.79 Å². The molecule has 5 N–H and O–H groups in total. The van der Waals surface area contributed by atoms with Crippen LogP contribution in [0.25, 0.3) is 12.2 Å². The molecule has 0 aliphatic heterocycles. The van der Waals surface area contributed by atoms with Gasteiger partial charge in [-0.1, -0.05) is 18.2 Å². The molecule has 0 spiro atoms. The molecule has 1 aliphatic carbocycles. The van der Waals surface area contributed by atoms with E-state index < -0.39 is 54.3 Å². The summed E-state index contributed by atoms with van der Waals surface area (Å²) in [5.74, 6) is -5.05. The minimum Gasteiger partial charge on any atom is -0.547 e. The van der Waals surface area contributed by atoms with E-state index in [9.17, 15) is 45.0 Å². The summed E-state index contributed by atoms with van der Waals surface area (Å²) in [4.78, 5) is 36.5. The number of hydrogen-bond acceptors (Lipinski definition) is 11. The Balaban J connectivity index is 1.70. The number of aliphatic hydroxyl groups excluding tert-OH is 1. The zero-order valence-electron chi connectivity index (χ0n) is 20.3. The highest BCUT2D eigenvalue weighted by molar-refractivity contribution is 5.94. The van der Waals surface area contributed by atoms with Crippen molar-refractivity contribution < 1.29 is 54.5 Å². The second kappa shape index (κ2) is 11.8. The third kappa shape index (κ3) is 6.90. The third-order valence-electron chi connectivity index (χ3n) is 6.19. The number of carbonyl (C=O) groups excluding carboxylic acids is 3. The Morgan fingerprint density at radius 2 is 1.61 bits per heavy atom. The van der Waals surface area contributed by atoms with Gasteiger partial charge < -0.3 is 44.9 Å². The predicted octanol–water partition coefficient (Wildman–Crippen LogP) is 0.661. The summed E-state index contributed by atoms with van der Waals surface area (Å²) in [6.07, 6.45) is 0.339. The number of methoxy groups -OCH3 is 1. The van der Waals surface area contributed by atoms with Gasteiger partial charge in [0.05, 0.1) is 19.2 Å². The van der Waals surface area contributed by atoms with Gasteiger partial charge in [-0.15, -0.1) is 0 Å². The first-order chi connectivity index (χ1) is 17.9. The van der Waals surface area contributed by atoms with E-state index in [4.69, 9.17) is 9.47 Å². The molecule has 1 fully saturated rings. The number of aromatic hydroxyl groups is 3. The van der Waals surface area contributed by atoms with Crippen LogP contribution in [-0.4, -0.2) is 68.2 Å². The van der Waals surface area contributed by atoms with Crippen molar-refractivity contribution in [3.8, 4) is 23.0 Å². The maximum Gasteiger partial charge on any atom is 0.331 e. The van der Waals surface area contributed by atoms with Gasteiger partial charge in [0.25, 0.3) is 0 Å². The van der Waals surface area contributed by atoms with E-state index in [0.29, 0.717) is 11.1 Å². The number of carboxylic acid groups (broad SMARTS) is 1. The van der Waals surface area contributed by atoms with Crippen LogP contribution in [0.15, 0.2) is 48.6 Å². The topological polar surface area (TPSA) is 194 Å². The van der Waals surface area contributed by atoms with E-state index in [1.165, 1.54) is 49.6 Å². The number of aliphatic carboxylic acids is 1. The second-order valence-electron chi connectivity index (χ2n) is 8.97. The van der Waals surface area contributed by atoms with Crippen molar-refractivity contribution in [3.05, 3.63) is 59.7 Å². The SMILES string of the molecule is COc1ccc(/C=C/C(=O)O[C@@H]2C[C@@](O)(C(=O)[O-])C[C@@H](CC(=O)/C=C/c3ccc(O)c(O)c3)[C@@H]2O)cc1O. The maximum atomic E-state index is 12.5. The molecule has 3 rings (SSSR count). The molecular weight excluding hydrogens is 500 g/mol. The fourth-order valence-corrected chi connectivity index (χ4v) is 4.19. The first kappa shape index (κ1) is 28.2. The number of phenols is 3. The van der Waals surface area contributed by atoms with Crippen molar-refractivity contribution in [3.63, 3.8) is 0 Å². The van der Waals surface area contributed by atoms with Gasteiger partial charge in [-0.05, 0) is 59.9 Å². The van der Waals surface area contributed by atoms with Gasteiger partial charge in [-0.2, -0.15) is 0 Å². The number of carbonyl (C=O) groups is 3. The molecule has 0 unspecified atom stereocenters. The Bertz CT molecular complexity index is 1270. The Morgan fingerprint density at radius 3 is 2.21 bits per heavy atom. The average Bonchev–Trinajstić information content (AvgIpc) is 2.86.